The van der Waals surface area contributed by atoms with Crippen molar-refractivity contribution in [2.24, 2.45) is 17.8 Å². The van der Waals surface area contributed by atoms with Crippen molar-refractivity contribution in [3.8, 4) is 23.0 Å². The molecule has 23 heteroatoms. The van der Waals surface area contributed by atoms with Gasteiger partial charge in [-0.15, -0.1) is 0 Å². The summed E-state index contributed by atoms with van der Waals surface area (Å²) in [6.07, 6.45) is 4.26. The molecule has 4 unspecified atom stereocenters. The number of amides is 4. The topological polar surface area (TPSA) is 264 Å². The molecule has 10 rings (SSSR count). The lowest BCUT2D eigenvalue weighted by atomic mass is 9.72. The van der Waals surface area contributed by atoms with Crippen LogP contribution in [0.1, 0.15) is 144 Å². The Bertz CT molecular complexity index is 4110. The Morgan fingerprint density at radius 3 is 1.26 bits per heavy atom. The summed E-state index contributed by atoms with van der Waals surface area (Å²) in [6, 6.07) is 9.89. The van der Waals surface area contributed by atoms with E-state index in [1.807, 2.05) is 76.5 Å². The summed E-state index contributed by atoms with van der Waals surface area (Å²) in [5, 5.41) is 23.2. The average Bonchev–Trinajstić information content (AvgIpc) is 0.748. The third-order valence-electron chi connectivity index (χ3n) is 19.7. The van der Waals surface area contributed by atoms with Crippen LogP contribution in [0.25, 0.3) is 0 Å². The second-order valence-electron chi connectivity index (χ2n) is 26.6. The van der Waals surface area contributed by atoms with Crippen LogP contribution < -0.4 is 14.8 Å². The van der Waals surface area contributed by atoms with Gasteiger partial charge in [0.1, 0.15) is 23.2 Å². The molecule has 4 amide bonds. The van der Waals surface area contributed by atoms with E-state index in [9.17, 15) is 48.6 Å². The monoisotopic (exact) mass is 1400 g/mol. The lowest BCUT2D eigenvalue weighted by Crippen LogP contribution is -2.45. The molecule has 3 N–H and O–H groups in total. The lowest BCUT2D eigenvalue weighted by Gasteiger charge is -2.42. The van der Waals surface area contributed by atoms with E-state index in [1.54, 1.807) is 84.1 Å². The van der Waals surface area contributed by atoms with Crippen molar-refractivity contribution >= 4 is 47.5 Å². The predicted molar refractivity (Wildman–Crippen MR) is 386 cm³/mol. The molecule has 0 radical (unpaired) electrons. The molecule has 0 saturated carbocycles. The Kier molecular flexibility index (Phi) is 25.6. The maximum atomic E-state index is 13.4. The van der Waals surface area contributed by atoms with Crippen LogP contribution >= 0.6 is 0 Å². The standard InChI is InChI=1S/C23H28N2O6.C21H24N2O4.C18H25NO3.C17H24N2O3/c1-8-31-23(28)18-12(2)9-15-20(22(27)25(5)13(3)24(15)4)19(18)14-10-16(29-6)21(26)17(11-14)30-7;1-6-27-21(26)17-12(2)10-16-19(20(25)23(5)13(3)22(16)4)18(17)14-8-7-9-15(24)11-14;1-6-22-18(21)15-11(4)8-13-9-12(5)19-17(20)16(13)14(15)7-10(2)3;1-7-12-14(17(21)22-8-2)10(3)9-13-15(12)16(20)19(6)11(4)18(13)5/h10-11,19,26H,3,8-9H2,1-2,4-7H3;7-9,11,18,24H,3,6,10H2,1-2,4-5H3;10,14H,5-9H2,1-4H3,(H,19,20);12H,4,7-9H2,1-3,5-6H3. The van der Waals surface area contributed by atoms with Gasteiger partial charge in [0.15, 0.2) is 11.5 Å². The van der Waals surface area contributed by atoms with Crippen LogP contribution in [0.4, 0.5) is 0 Å². The summed E-state index contributed by atoms with van der Waals surface area (Å²) in [5.41, 5.74) is 13.9. The van der Waals surface area contributed by atoms with E-state index in [2.05, 4.69) is 45.5 Å². The van der Waals surface area contributed by atoms with Crippen LogP contribution in [-0.2, 0) is 57.3 Å². The number of aromatic hydroxyl groups is 2. The first-order valence-corrected chi connectivity index (χ1v) is 34.4. The zero-order valence-corrected chi connectivity index (χ0v) is 62.8. The van der Waals surface area contributed by atoms with Gasteiger partial charge in [-0.2, -0.15) is 0 Å². The van der Waals surface area contributed by atoms with E-state index >= 15 is 0 Å². The van der Waals surface area contributed by atoms with Crippen LogP contribution in [-0.4, -0.2) is 170 Å². The highest BCUT2D eigenvalue weighted by Gasteiger charge is 2.47. The van der Waals surface area contributed by atoms with Gasteiger partial charge in [0.05, 0.1) is 40.6 Å². The van der Waals surface area contributed by atoms with E-state index in [1.165, 1.54) is 24.0 Å². The third kappa shape index (κ3) is 15.4. The highest BCUT2D eigenvalue weighted by atomic mass is 16.5. The fraction of sp³-hybridized carbons (Fsp3) is 0.443. The molecule has 2 aromatic rings. The number of esters is 4. The van der Waals surface area contributed by atoms with Gasteiger partial charge in [-0.3, -0.25) is 33.9 Å². The molecule has 0 aromatic heterocycles. The number of nitrogens with zero attached hydrogens (tertiary/aromatic N) is 6. The fourth-order valence-electron chi connectivity index (χ4n) is 14.6. The number of ether oxygens (including phenoxy) is 6. The molecule has 102 heavy (non-hydrogen) atoms. The van der Waals surface area contributed by atoms with Crippen LogP contribution in [0.3, 0.4) is 0 Å². The molecule has 4 atom stereocenters. The van der Waals surface area contributed by atoms with Crippen molar-refractivity contribution in [1.29, 1.82) is 0 Å². The van der Waals surface area contributed by atoms with Gasteiger partial charge in [0.25, 0.3) is 23.6 Å². The number of carbonyl (C=O) groups excluding carboxylic acids is 8. The van der Waals surface area contributed by atoms with Crippen molar-refractivity contribution in [3.63, 3.8) is 0 Å². The minimum absolute atomic E-state index is 0.0701. The fourth-order valence-corrected chi connectivity index (χ4v) is 14.6. The Hall–Kier alpha value is -10.3. The summed E-state index contributed by atoms with van der Waals surface area (Å²) in [6.45, 7) is 37.9. The summed E-state index contributed by atoms with van der Waals surface area (Å²) in [5.74, 6) is -1.39. The number of hydrogen-bond acceptors (Lipinski definition) is 19. The van der Waals surface area contributed by atoms with E-state index in [0.717, 1.165) is 62.6 Å². The van der Waals surface area contributed by atoms with Gasteiger partial charge in [0.2, 0.25) is 5.75 Å². The molecule has 4 heterocycles. The van der Waals surface area contributed by atoms with Gasteiger partial charge in [0, 0.05) is 159 Å². The number of methoxy groups -OCH3 is 2. The molecule has 0 bridgehead atoms. The van der Waals surface area contributed by atoms with Crippen LogP contribution in [0.15, 0.2) is 175 Å². The van der Waals surface area contributed by atoms with Gasteiger partial charge < -0.3 is 58.7 Å². The number of rotatable bonds is 15. The van der Waals surface area contributed by atoms with E-state index in [4.69, 9.17) is 28.4 Å². The maximum Gasteiger partial charge on any atom is 0.334 e. The molecular weight excluding hydrogens is 1300 g/mol. The van der Waals surface area contributed by atoms with Gasteiger partial charge in [-0.25, -0.2) is 19.2 Å². The molecular formula is C79H101N7O16. The molecule has 4 aliphatic heterocycles. The first kappa shape index (κ1) is 79.0. The van der Waals surface area contributed by atoms with E-state index in [-0.39, 0.29) is 83.6 Å². The first-order valence-electron chi connectivity index (χ1n) is 34.4. The van der Waals surface area contributed by atoms with E-state index in [0.29, 0.717) is 125 Å². The number of phenolic OH excluding ortho intramolecular Hbond substituents is 2. The summed E-state index contributed by atoms with van der Waals surface area (Å²) in [4.78, 5) is 112. The number of nitrogens with one attached hydrogen (secondary N) is 1. The number of carbonyl (C=O) groups is 8. The van der Waals surface area contributed by atoms with Crippen LogP contribution in [0.2, 0.25) is 0 Å². The van der Waals surface area contributed by atoms with Crippen molar-refractivity contribution in [2.75, 3.05) is 82.9 Å². The smallest absolute Gasteiger partial charge is 0.334 e. The van der Waals surface area contributed by atoms with Crippen molar-refractivity contribution in [1.82, 2.24) is 34.7 Å². The van der Waals surface area contributed by atoms with E-state index < -0.39 is 23.8 Å². The summed E-state index contributed by atoms with van der Waals surface area (Å²) < 4.78 is 31.7. The SMILES string of the molecule is C=C1CC2=C(C(=O)N1)C(CC(C)C)C(C(=O)OCC)=C(C)C2.C=C1N(C)C(=O)C2=C(CC(C)=C(C(=O)OCC)C2CC)N1C.C=C1N(C)C(=O)C2=C(CC(C)=C(C(=O)OCC)C2c2cc(OC)c(O)c(OC)c2)N1C.C=C1N(C)C(=O)C2=C(CC(C)=C(C(=O)OCC)C2c2cccc(O)c2)N1C. The first-order chi connectivity index (χ1) is 48.1. The Morgan fingerprint density at radius 2 is 0.873 bits per heavy atom. The third-order valence-corrected chi connectivity index (χ3v) is 19.7. The highest BCUT2D eigenvalue weighted by molar-refractivity contribution is 6.06. The van der Waals surface area contributed by atoms with Crippen molar-refractivity contribution in [3.05, 3.63) is 187 Å². The predicted octanol–water partition coefficient (Wildman–Crippen LogP) is 11.5. The molecule has 0 spiro atoms. The molecule has 0 saturated heterocycles. The number of allylic oxidation sites excluding steroid dienone is 5. The van der Waals surface area contributed by atoms with Gasteiger partial charge in [-0.1, -0.05) is 87.1 Å². The molecule has 8 aliphatic rings. The number of hydrogen-bond donors (Lipinski definition) is 3. The molecule has 4 aliphatic carbocycles. The minimum Gasteiger partial charge on any atom is -0.508 e. The second-order valence-corrected chi connectivity index (χ2v) is 26.6. The molecule has 2 aromatic carbocycles. The van der Waals surface area contributed by atoms with Crippen molar-refractivity contribution < 1.29 is 77.0 Å². The molecule has 548 valence electrons. The maximum absolute atomic E-state index is 13.4. The Labute approximate surface area is 599 Å². The Balaban J connectivity index is 0.000000193. The van der Waals surface area contributed by atoms with Gasteiger partial charge >= 0.3 is 23.9 Å². The molecule has 23 nitrogen and oxygen atoms in total. The quantitative estimate of drug-likeness (QED) is 0.110. The Morgan fingerprint density at radius 1 is 0.500 bits per heavy atom. The number of benzene rings is 2. The highest BCUT2D eigenvalue weighted by Crippen LogP contribution is 2.52. The normalized spacial score (nSPS) is 20.7. The second kappa shape index (κ2) is 33.0. The van der Waals surface area contributed by atoms with Crippen LogP contribution in [0.5, 0.6) is 23.0 Å². The zero-order chi connectivity index (χ0) is 76.0. The van der Waals surface area contributed by atoms with Crippen LogP contribution in [0, 0.1) is 17.8 Å². The lowest BCUT2D eigenvalue weighted by molar-refractivity contribution is -0.140. The number of likely N-dealkylation sites (N-methyl/N-ethyl adjacent to an activating group) is 3. The van der Waals surface area contributed by atoms with Gasteiger partial charge in [-0.05, 0) is 116 Å². The average molecular weight is 1400 g/mol. The summed E-state index contributed by atoms with van der Waals surface area (Å²) in [7, 11) is 13.5. The number of phenols is 2. The minimum atomic E-state index is -0.725. The largest absolute Gasteiger partial charge is 0.508 e. The summed E-state index contributed by atoms with van der Waals surface area (Å²) >= 11 is 0. The molecule has 0 fully saturated rings. The zero-order valence-electron chi connectivity index (χ0n) is 62.8. The van der Waals surface area contributed by atoms with Crippen molar-refractivity contribution in [2.45, 2.75) is 133 Å².